The summed E-state index contributed by atoms with van der Waals surface area (Å²) in [5, 5.41) is 3.55. The number of rotatable bonds is 8. The predicted molar refractivity (Wildman–Crippen MR) is 123 cm³/mol. The first-order valence-electron chi connectivity index (χ1n) is 10.2. The third-order valence-corrected chi connectivity index (χ3v) is 7.69. The number of hydrogen-bond donors (Lipinski definition) is 1. The number of carbonyl (C=O) groups is 1. The van der Waals surface area contributed by atoms with Crippen molar-refractivity contribution in [3.63, 3.8) is 0 Å². The quantitative estimate of drug-likeness (QED) is 0.607. The van der Waals surface area contributed by atoms with E-state index >= 15 is 0 Å². The van der Waals surface area contributed by atoms with Gasteiger partial charge in [0.05, 0.1) is 18.3 Å². The maximum atomic E-state index is 13.0. The summed E-state index contributed by atoms with van der Waals surface area (Å²) < 4.78 is 32.8. The number of hydrogen-bond acceptors (Lipinski definition) is 4. The van der Waals surface area contributed by atoms with E-state index in [0.29, 0.717) is 48.1 Å². The van der Waals surface area contributed by atoms with Crippen molar-refractivity contribution in [3.05, 3.63) is 63.6 Å². The van der Waals surface area contributed by atoms with Gasteiger partial charge in [0.25, 0.3) is 0 Å². The lowest BCUT2D eigenvalue weighted by Crippen LogP contribution is -2.45. The van der Waals surface area contributed by atoms with Gasteiger partial charge in [-0.15, -0.1) is 0 Å². The van der Waals surface area contributed by atoms with Crippen LogP contribution in [0.15, 0.2) is 42.5 Å². The van der Waals surface area contributed by atoms with E-state index in [4.69, 9.17) is 27.9 Å². The second kappa shape index (κ2) is 10.7. The Bertz CT molecular complexity index is 1010. The molecule has 1 aliphatic rings. The highest BCUT2D eigenvalue weighted by Crippen LogP contribution is 2.29. The monoisotopic (exact) mass is 484 g/mol. The molecule has 0 bridgehead atoms. The van der Waals surface area contributed by atoms with Crippen molar-refractivity contribution in [2.24, 2.45) is 5.92 Å². The molecule has 31 heavy (non-hydrogen) atoms. The van der Waals surface area contributed by atoms with Gasteiger partial charge in [-0.3, -0.25) is 4.79 Å². The fourth-order valence-corrected chi connectivity index (χ4v) is 5.96. The third kappa shape index (κ3) is 6.35. The standard InChI is InChI=1S/C22H26Cl2N2O4S/c1-2-30-18-8-3-6-16(12-18)13-25-22(27)17-7-5-11-26(14-17)31(28,29)15-19-20(23)9-4-10-21(19)24/h3-4,6,8-10,12,17H,2,5,7,11,13-15H2,1H3,(H,25,27). The topological polar surface area (TPSA) is 75.7 Å². The molecule has 1 heterocycles. The van der Waals surface area contributed by atoms with Crippen LogP contribution in [0.1, 0.15) is 30.9 Å². The Labute approximate surface area is 193 Å². The van der Waals surface area contributed by atoms with Crippen molar-refractivity contribution in [2.45, 2.75) is 32.1 Å². The second-order valence-corrected chi connectivity index (χ2v) is 10.2. The van der Waals surface area contributed by atoms with Gasteiger partial charge in [-0.05, 0) is 49.6 Å². The molecule has 0 spiro atoms. The van der Waals surface area contributed by atoms with Crippen molar-refractivity contribution in [3.8, 4) is 5.75 Å². The minimum absolute atomic E-state index is 0.148. The van der Waals surface area contributed by atoms with Crippen molar-refractivity contribution in [1.29, 1.82) is 0 Å². The zero-order valence-corrected chi connectivity index (χ0v) is 19.6. The first-order valence-corrected chi connectivity index (χ1v) is 12.6. The number of piperidine rings is 1. The van der Waals surface area contributed by atoms with Crippen molar-refractivity contribution >= 4 is 39.1 Å². The van der Waals surface area contributed by atoms with Crippen LogP contribution in [0.2, 0.25) is 10.0 Å². The summed E-state index contributed by atoms with van der Waals surface area (Å²) in [6.45, 7) is 3.37. The van der Waals surface area contributed by atoms with Gasteiger partial charge in [-0.2, -0.15) is 0 Å². The Morgan fingerprint density at radius 1 is 1.19 bits per heavy atom. The van der Waals surface area contributed by atoms with Gasteiger partial charge in [0.15, 0.2) is 0 Å². The lowest BCUT2D eigenvalue weighted by molar-refractivity contribution is -0.126. The minimum Gasteiger partial charge on any atom is -0.494 e. The molecule has 0 saturated carbocycles. The number of benzene rings is 2. The molecular weight excluding hydrogens is 459 g/mol. The molecule has 1 aliphatic heterocycles. The summed E-state index contributed by atoms with van der Waals surface area (Å²) in [5.41, 5.74) is 1.31. The van der Waals surface area contributed by atoms with Crippen LogP contribution < -0.4 is 10.1 Å². The SMILES string of the molecule is CCOc1cccc(CNC(=O)C2CCCN(S(=O)(=O)Cc3c(Cl)cccc3Cl)C2)c1. The van der Waals surface area contributed by atoms with Gasteiger partial charge in [0.2, 0.25) is 15.9 Å². The molecule has 0 aromatic heterocycles. The van der Waals surface area contributed by atoms with E-state index in [0.717, 1.165) is 11.3 Å². The van der Waals surface area contributed by atoms with E-state index in [1.807, 2.05) is 31.2 Å². The highest BCUT2D eigenvalue weighted by molar-refractivity contribution is 7.88. The maximum Gasteiger partial charge on any atom is 0.224 e. The van der Waals surface area contributed by atoms with E-state index in [1.54, 1.807) is 18.2 Å². The number of halogens is 2. The van der Waals surface area contributed by atoms with E-state index in [2.05, 4.69) is 5.32 Å². The smallest absolute Gasteiger partial charge is 0.224 e. The minimum atomic E-state index is -3.66. The molecule has 0 aliphatic carbocycles. The second-order valence-electron chi connectivity index (χ2n) is 7.45. The Kier molecular flexibility index (Phi) is 8.22. The molecule has 1 unspecified atom stereocenters. The van der Waals surface area contributed by atoms with E-state index < -0.39 is 15.9 Å². The molecule has 0 radical (unpaired) electrons. The van der Waals surface area contributed by atoms with E-state index in [9.17, 15) is 13.2 Å². The van der Waals surface area contributed by atoms with Gasteiger partial charge in [-0.1, -0.05) is 41.4 Å². The van der Waals surface area contributed by atoms with Crippen LogP contribution in [0.4, 0.5) is 0 Å². The number of nitrogens with zero attached hydrogens (tertiary/aromatic N) is 1. The average molecular weight is 485 g/mol. The molecule has 6 nitrogen and oxygen atoms in total. The Morgan fingerprint density at radius 3 is 2.61 bits per heavy atom. The molecule has 168 valence electrons. The summed E-state index contributed by atoms with van der Waals surface area (Å²) >= 11 is 12.3. The lowest BCUT2D eigenvalue weighted by Gasteiger charge is -2.31. The van der Waals surface area contributed by atoms with Crippen LogP contribution in [0.25, 0.3) is 0 Å². The first-order chi connectivity index (χ1) is 14.8. The van der Waals surface area contributed by atoms with Gasteiger partial charge in [0, 0.05) is 35.2 Å². The van der Waals surface area contributed by atoms with Gasteiger partial charge in [0.1, 0.15) is 5.75 Å². The fourth-order valence-electron chi connectivity index (χ4n) is 3.60. The maximum absolute atomic E-state index is 13.0. The molecule has 1 saturated heterocycles. The molecule has 1 fully saturated rings. The normalized spacial score (nSPS) is 17.3. The van der Waals surface area contributed by atoms with Crippen LogP contribution in [0, 0.1) is 5.92 Å². The van der Waals surface area contributed by atoms with Gasteiger partial charge >= 0.3 is 0 Å². The van der Waals surface area contributed by atoms with Gasteiger partial charge < -0.3 is 10.1 Å². The Morgan fingerprint density at radius 2 is 1.90 bits per heavy atom. The van der Waals surface area contributed by atoms with Crippen LogP contribution in [0.5, 0.6) is 5.75 Å². The molecule has 2 aromatic carbocycles. The molecule has 1 N–H and O–H groups in total. The van der Waals surface area contributed by atoms with Crippen molar-refractivity contribution in [2.75, 3.05) is 19.7 Å². The molecular formula is C22H26Cl2N2O4S. The van der Waals surface area contributed by atoms with E-state index in [-0.39, 0.29) is 18.2 Å². The van der Waals surface area contributed by atoms with Crippen molar-refractivity contribution < 1.29 is 17.9 Å². The van der Waals surface area contributed by atoms with E-state index in [1.165, 1.54) is 4.31 Å². The van der Waals surface area contributed by atoms with Crippen LogP contribution in [0.3, 0.4) is 0 Å². The first kappa shape index (κ1) is 23.9. The van der Waals surface area contributed by atoms with Crippen LogP contribution in [-0.2, 0) is 27.1 Å². The zero-order chi connectivity index (χ0) is 22.4. The van der Waals surface area contributed by atoms with Crippen LogP contribution >= 0.6 is 23.2 Å². The number of amides is 1. The molecule has 1 atom stereocenters. The number of sulfonamides is 1. The van der Waals surface area contributed by atoms with Crippen molar-refractivity contribution in [1.82, 2.24) is 9.62 Å². The summed E-state index contributed by atoms with van der Waals surface area (Å²) in [7, 11) is -3.66. The Balaban J connectivity index is 1.61. The summed E-state index contributed by atoms with van der Waals surface area (Å²) in [4.78, 5) is 12.7. The molecule has 1 amide bonds. The Hall–Kier alpha value is -1.80. The molecule has 2 aromatic rings. The highest BCUT2D eigenvalue weighted by Gasteiger charge is 2.33. The highest BCUT2D eigenvalue weighted by atomic mass is 35.5. The number of ether oxygens (including phenoxy) is 1. The summed E-state index contributed by atoms with van der Waals surface area (Å²) in [6.07, 6.45) is 1.26. The average Bonchev–Trinajstić information content (AvgIpc) is 2.75. The molecule has 3 rings (SSSR count). The third-order valence-electron chi connectivity index (χ3n) is 5.21. The fraction of sp³-hybridized carbons (Fsp3) is 0.409. The van der Waals surface area contributed by atoms with Crippen LogP contribution in [-0.4, -0.2) is 38.3 Å². The largest absolute Gasteiger partial charge is 0.494 e. The number of nitrogens with one attached hydrogen (secondary N) is 1. The number of carbonyl (C=O) groups excluding carboxylic acids is 1. The van der Waals surface area contributed by atoms with Gasteiger partial charge in [-0.25, -0.2) is 12.7 Å². The lowest BCUT2D eigenvalue weighted by atomic mass is 9.99. The predicted octanol–water partition coefficient (Wildman–Crippen LogP) is 4.25. The molecule has 9 heteroatoms. The summed E-state index contributed by atoms with van der Waals surface area (Å²) in [6, 6.07) is 12.4. The summed E-state index contributed by atoms with van der Waals surface area (Å²) in [5.74, 6) is -0.0930. The zero-order valence-electron chi connectivity index (χ0n) is 17.3.